The minimum absolute atomic E-state index is 0.0263. The lowest BCUT2D eigenvalue weighted by atomic mass is 9.55. The van der Waals surface area contributed by atoms with E-state index in [0.717, 1.165) is 89.5 Å². The van der Waals surface area contributed by atoms with Gasteiger partial charge in [0.2, 0.25) is 0 Å². The van der Waals surface area contributed by atoms with Crippen molar-refractivity contribution in [2.75, 3.05) is 85.1 Å². The third kappa shape index (κ3) is 16.2. The van der Waals surface area contributed by atoms with Gasteiger partial charge in [-0.2, -0.15) is 26.3 Å². The Kier molecular flexibility index (Phi) is 21.9. The van der Waals surface area contributed by atoms with E-state index < -0.39 is 46.1 Å². The lowest BCUT2D eigenvalue weighted by molar-refractivity contribution is -0.374. The van der Waals surface area contributed by atoms with Crippen LogP contribution in [-0.4, -0.2) is 119 Å². The Morgan fingerprint density at radius 3 is 2.19 bits per heavy atom. The van der Waals surface area contributed by atoms with Gasteiger partial charge in [0.15, 0.2) is 0 Å². The highest BCUT2D eigenvalue weighted by Gasteiger charge is 2.69. The molecule has 7 atom stereocenters. The molecular weight excluding hydrogens is 927 g/mol. The van der Waals surface area contributed by atoms with Gasteiger partial charge in [-0.25, -0.2) is 9.13 Å². The van der Waals surface area contributed by atoms with Crippen molar-refractivity contribution in [2.24, 2.45) is 23.2 Å². The molecule has 3 aliphatic carbocycles. The molecule has 366 valence electrons. The van der Waals surface area contributed by atoms with Crippen molar-refractivity contribution >= 4 is 37.2 Å². The molecule has 0 spiro atoms. The predicted molar refractivity (Wildman–Crippen MR) is 229 cm³/mol. The molecule has 23 heteroatoms. The zero-order chi connectivity index (χ0) is 46.4. The van der Waals surface area contributed by atoms with Crippen LogP contribution in [-0.2, 0) is 47.9 Å². The van der Waals surface area contributed by atoms with Crippen LogP contribution < -0.4 is 10.1 Å². The number of benzene rings is 1. The number of nitrogens with one attached hydrogen (secondary N) is 1. The number of phosphoric acid groups is 2. The molecule has 2 fully saturated rings. The molecule has 4 rings (SSSR count). The summed E-state index contributed by atoms with van der Waals surface area (Å²) >= 11 is 0. The molecule has 3 aliphatic rings. The van der Waals surface area contributed by atoms with Crippen LogP contribution in [0.2, 0.25) is 0 Å². The number of phosphoric ester groups is 2. The van der Waals surface area contributed by atoms with Crippen LogP contribution in [0.4, 0.5) is 26.3 Å². The summed E-state index contributed by atoms with van der Waals surface area (Å²) in [6, 6.07) is 6.44. The van der Waals surface area contributed by atoms with Gasteiger partial charge >= 0.3 is 28.0 Å². The molecule has 0 heterocycles. The largest absolute Gasteiger partial charge is 0.492 e. The van der Waals surface area contributed by atoms with E-state index in [4.69, 9.17) is 23.3 Å². The highest BCUT2D eigenvalue weighted by atomic mass is 33.1. The lowest BCUT2D eigenvalue weighted by Gasteiger charge is -2.50. The summed E-state index contributed by atoms with van der Waals surface area (Å²) in [5.41, 5.74) is -1.60. The van der Waals surface area contributed by atoms with E-state index in [1.807, 2.05) is 0 Å². The van der Waals surface area contributed by atoms with Gasteiger partial charge in [-0.1, -0.05) is 34.6 Å². The second kappa shape index (κ2) is 25.1. The molecule has 0 saturated heterocycles. The van der Waals surface area contributed by atoms with Crippen molar-refractivity contribution in [2.45, 2.75) is 108 Å². The summed E-state index contributed by atoms with van der Waals surface area (Å²) in [5, 5.41) is 3.43. The minimum Gasteiger partial charge on any atom is -0.492 e. The number of alkyl halides is 6. The Hall–Kier alpha value is -0.640. The van der Waals surface area contributed by atoms with Gasteiger partial charge in [-0.05, 0) is 124 Å². The number of hydrogen-bond acceptors (Lipinski definition) is 13. The van der Waals surface area contributed by atoms with Crippen molar-refractivity contribution in [1.82, 2.24) is 5.32 Å². The van der Waals surface area contributed by atoms with Gasteiger partial charge in [-0.3, -0.25) is 18.1 Å². The third-order valence-corrected chi connectivity index (χ3v) is 16.9. The Balaban J connectivity index is 1.04. The highest BCUT2D eigenvalue weighted by Crippen LogP contribution is 2.61. The molecular formula is C40H65F6NO12P2S2. The number of rotatable bonds is 30. The SMILES string of the molecule is COP(=O)(O)OCC(CCCOCCSSCCCNCCOc1ccc2c(c1)CCC1C2CCC2(C)C(OCCCOC(C)(C(F)(F)F)C(F)(F)F)CCC12)COP(=O)(O)OC. The van der Waals surface area contributed by atoms with E-state index in [-0.39, 0.29) is 44.7 Å². The molecule has 63 heavy (non-hydrogen) atoms. The van der Waals surface area contributed by atoms with E-state index in [1.165, 1.54) is 11.1 Å². The average Bonchev–Trinajstić information content (AvgIpc) is 3.57. The van der Waals surface area contributed by atoms with Crippen LogP contribution in [0.15, 0.2) is 18.2 Å². The maximum Gasteiger partial charge on any atom is 0.471 e. The predicted octanol–water partition coefficient (Wildman–Crippen LogP) is 9.90. The molecule has 7 unspecified atom stereocenters. The van der Waals surface area contributed by atoms with Crippen molar-refractivity contribution < 1.29 is 82.3 Å². The molecule has 13 nitrogen and oxygen atoms in total. The maximum absolute atomic E-state index is 13.2. The first kappa shape index (κ1) is 55.0. The standard InChI is InChI=1S/C40H65F6NO12P2S2/c1-37-16-15-33-32-12-10-31(26-30(32)9-11-34(33)35(37)13-14-36(37)56-20-7-21-57-38(2,39(41,42)43)40(44,45)46)55-22-18-47-17-6-24-62-63-25-23-54-19-5-8-29(27-58-60(48,49)52-3)28-59-61(50,51)53-4/h10,12,26,29,33-36,47H,5-9,11,13-25,27-28H2,1-4H3,(H,48,49)(H,50,51). The molecule has 1 aromatic carbocycles. The Bertz CT molecular complexity index is 1600. The minimum atomic E-state index is -5.58. The Morgan fingerprint density at radius 2 is 1.52 bits per heavy atom. The van der Waals surface area contributed by atoms with Gasteiger partial charge < -0.3 is 34.1 Å². The number of ether oxygens (including phenoxy) is 4. The first-order valence-electron chi connectivity index (χ1n) is 21.4. The molecule has 0 bridgehead atoms. The summed E-state index contributed by atoms with van der Waals surface area (Å²) < 4.78 is 143. The molecule has 1 aromatic rings. The summed E-state index contributed by atoms with van der Waals surface area (Å²) in [6.45, 7) is 4.31. The number of fused-ring (bicyclic) bond motifs is 5. The van der Waals surface area contributed by atoms with Gasteiger partial charge in [0, 0.05) is 51.4 Å². The van der Waals surface area contributed by atoms with Crippen molar-refractivity contribution in [1.29, 1.82) is 0 Å². The first-order chi connectivity index (χ1) is 29.7. The zero-order valence-corrected chi connectivity index (χ0v) is 39.8. The molecule has 3 N–H and O–H groups in total. The van der Waals surface area contributed by atoms with Gasteiger partial charge in [0.25, 0.3) is 5.60 Å². The maximum atomic E-state index is 13.2. The van der Waals surface area contributed by atoms with E-state index >= 15 is 0 Å². The van der Waals surface area contributed by atoms with E-state index in [9.17, 15) is 45.3 Å². The Morgan fingerprint density at radius 1 is 0.841 bits per heavy atom. The molecule has 0 amide bonds. The second-order valence-corrected chi connectivity index (χ2v) is 22.4. The number of hydrogen-bond donors (Lipinski definition) is 3. The third-order valence-electron chi connectivity index (χ3n) is 12.5. The van der Waals surface area contributed by atoms with E-state index in [0.29, 0.717) is 50.4 Å². The molecule has 0 aromatic heterocycles. The number of aryl methyl sites for hydroxylation is 1. The second-order valence-electron chi connectivity index (χ2n) is 16.6. The van der Waals surface area contributed by atoms with Crippen LogP contribution in [0, 0.1) is 23.2 Å². The smallest absolute Gasteiger partial charge is 0.471 e. The summed E-state index contributed by atoms with van der Waals surface area (Å²) in [5.74, 6) is 3.55. The van der Waals surface area contributed by atoms with Gasteiger partial charge in [0.1, 0.15) is 12.4 Å². The fourth-order valence-corrected chi connectivity index (χ4v) is 11.8. The molecule has 0 radical (unpaired) electrons. The summed E-state index contributed by atoms with van der Waals surface area (Å²) in [7, 11) is -2.81. The highest BCUT2D eigenvalue weighted by molar-refractivity contribution is 8.76. The van der Waals surface area contributed by atoms with Crippen molar-refractivity contribution in [3.8, 4) is 5.75 Å². The van der Waals surface area contributed by atoms with Crippen molar-refractivity contribution in [3.63, 3.8) is 0 Å². The molecule has 2 saturated carbocycles. The van der Waals surface area contributed by atoms with Crippen LogP contribution >= 0.6 is 37.2 Å². The van der Waals surface area contributed by atoms with Crippen LogP contribution in [0.1, 0.15) is 88.7 Å². The van der Waals surface area contributed by atoms with Crippen LogP contribution in [0.3, 0.4) is 0 Å². The fraction of sp³-hybridized carbons (Fsp3) is 0.850. The average molecular weight is 992 g/mol. The monoisotopic (exact) mass is 991 g/mol. The van der Waals surface area contributed by atoms with Crippen LogP contribution in [0.5, 0.6) is 5.75 Å². The first-order valence-corrected chi connectivity index (χ1v) is 26.9. The van der Waals surface area contributed by atoms with Gasteiger partial charge in [0.05, 0.1) is 32.5 Å². The quantitative estimate of drug-likeness (QED) is 0.0289. The fourth-order valence-electron chi connectivity index (χ4n) is 8.89. The normalized spacial score (nSPS) is 25.1. The zero-order valence-electron chi connectivity index (χ0n) is 36.4. The Labute approximate surface area is 375 Å². The summed E-state index contributed by atoms with van der Waals surface area (Å²) in [6.07, 6.45) is -3.51. The lowest BCUT2D eigenvalue weighted by Crippen LogP contribution is -2.56. The van der Waals surface area contributed by atoms with Crippen molar-refractivity contribution in [3.05, 3.63) is 29.3 Å². The van der Waals surface area contributed by atoms with Crippen LogP contribution in [0.25, 0.3) is 0 Å². The topological polar surface area (TPSA) is 160 Å². The van der Waals surface area contributed by atoms with Gasteiger partial charge in [-0.15, -0.1) is 0 Å². The molecule has 0 aliphatic heterocycles. The van der Waals surface area contributed by atoms with E-state index in [2.05, 4.69) is 44.2 Å². The van der Waals surface area contributed by atoms with E-state index in [1.54, 1.807) is 21.6 Å². The summed E-state index contributed by atoms with van der Waals surface area (Å²) in [4.78, 5) is 19.0. The number of halogens is 6.